The molecular formula is C20H25NO4. The van der Waals surface area contributed by atoms with Crippen molar-refractivity contribution in [2.45, 2.75) is 43.6 Å². The fraction of sp³-hybridized carbons (Fsp3) is 0.550. The molecule has 0 saturated heterocycles. The number of rotatable bonds is 2. The molecule has 0 bridgehead atoms. The second kappa shape index (κ2) is 5.77. The number of phenols is 1. The summed E-state index contributed by atoms with van der Waals surface area (Å²) in [6.07, 6.45) is 5.98. The number of ketones is 1. The highest BCUT2D eigenvalue weighted by Crippen LogP contribution is 2.56. The molecule has 1 N–H and O–H groups in total. The number of hydrogen-bond donors (Lipinski definition) is 1. The molecule has 0 unspecified atom stereocenters. The van der Waals surface area contributed by atoms with Gasteiger partial charge in [0, 0.05) is 30.0 Å². The maximum absolute atomic E-state index is 12.1. The molecule has 25 heavy (non-hydrogen) atoms. The number of methoxy groups -OCH3 is 2. The molecular weight excluding hydrogens is 318 g/mol. The Hall–Kier alpha value is -2.01. The summed E-state index contributed by atoms with van der Waals surface area (Å²) in [6.45, 7) is 1.01. The van der Waals surface area contributed by atoms with Crippen LogP contribution in [0.3, 0.4) is 0 Å². The first-order valence-corrected chi connectivity index (χ1v) is 8.94. The summed E-state index contributed by atoms with van der Waals surface area (Å²) >= 11 is 0. The van der Waals surface area contributed by atoms with Crippen molar-refractivity contribution in [3.05, 3.63) is 34.6 Å². The molecule has 2 aliphatic carbocycles. The van der Waals surface area contributed by atoms with Crippen LogP contribution >= 0.6 is 0 Å². The lowest BCUT2D eigenvalue weighted by Gasteiger charge is -2.47. The first-order valence-electron chi connectivity index (χ1n) is 8.94. The Morgan fingerprint density at radius 3 is 2.76 bits per heavy atom. The van der Waals surface area contributed by atoms with Gasteiger partial charge in [0.2, 0.25) is 0 Å². The SMILES string of the molecule is COC1=C[C@@]2(CCC1=O)CC[C@H]1c3c(cc(OC)c(O)c32)CCN1C. The van der Waals surface area contributed by atoms with Crippen LogP contribution in [0.2, 0.25) is 0 Å². The number of likely N-dealkylation sites (N-methyl/N-ethyl adjacent to an activating group) is 1. The second-order valence-corrected chi connectivity index (χ2v) is 7.45. The number of ether oxygens (including phenoxy) is 2. The van der Waals surface area contributed by atoms with Gasteiger partial charge in [-0.15, -0.1) is 0 Å². The van der Waals surface area contributed by atoms with Gasteiger partial charge in [0.15, 0.2) is 23.0 Å². The molecule has 0 saturated carbocycles. The standard InChI is InChI=1S/C20H25NO4/c1-21-9-6-12-10-15(24-2)19(23)18-17(12)13(21)4-7-20(18)8-5-14(22)16(11-20)25-3/h10-11,13,23H,4-9H2,1-3H3/t13-,20-/m0/s1. The maximum atomic E-state index is 12.1. The van der Waals surface area contributed by atoms with Crippen LogP contribution in [-0.2, 0) is 21.4 Å². The summed E-state index contributed by atoms with van der Waals surface area (Å²) in [5, 5.41) is 11.0. The predicted molar refractivity (Wildman–Crippen MR) is 94.0 cm³/mol. The molecule has 0 fully saturated rings. The zero-order chi connectivity index (χ0) is 17.8. The molecule has 5 heteroatoms. The van der Waals surface area contributed by atoms with Crippen molar-refractivity contribution >= 4 is 5.78 Å². The van der Waals surface area contributed by atoms with E-state index in [4.69, 9.17) is 9.47 Å². The molecule has 1 spiro atoms. The van der Waals surface area contributed by atoms with Gasteiger partial charge in [-0.05, 0) is 56.0 Å². The number of fused-ring (bicyclic) bond motifs is 1. The molecule has 4 rings (SSSR count). The van der Waals surface area contributed by atoms with E-state index in [9.17, 15) is 9.90 Å². The average Bonchev–Trinajstić information content (AvgIpc) is 2.62. The summed E-state index contributed by atoms with van der Waals surface area (Å²) in [6, 6.07) is 2.31. The van der Waals surface area contributed by atoms with E-state index in [0.717, 1.165) is 31.4 Å². The van der Waals surface area contributed by atoms with Crippen LogP contribution in [0.5, 0.6) is 11.5 Å². The van der Waals surface area contributed by atoms with Gasteiger partial charge in [0.05, 0.1) is 14.2 Å². The number of benzene rings is 1. The molecule has 1 aromatic rings. The summed E-state index contributed by atoms with van der Waals surface area (Å²) in [4.78, 5) is 14.5. The van der Waals surface area contributed by atoms with Crippen molar-refractivity contribution in [3.8, 4) is 11.5 Å². The lowest BCUT2D eigenvalue weighted by molar-refractivity contribution is -0.119. The lowest BCUT2D eigenvalue weighted by atomic mass is 9.61. The van der Waals surface area contributed by atoms with Crippen molar-refractivity contribution in [1.29, 1.82) is 0 Å². The fourth-order valence-electron chi connectivity index (χ4n) is 4.95. The molecule has 0 radical (unpaired) electrons. The summed E-state index contributed by atoms with van der Waals surface area (Å²) < 4.78 is 10.8. The number of phenolic OH excluding ortho intramolecular Hbond substituents is 1. The molecule has 2 atom stereocenters. The Kier molecular flexibility index (Phi) is 3.80. The Labute approximate surface area is 148 Å². The van der Waals surface area contributed by atoms with E-state index in [1.54, 1.807) is 14.2 Å². The van der Waals surface area contributed by atoms with E-state index in [-0.39, 0.29) is 16.9 Å². The third-order valence-electron chi connectivity index (χ3n) is 6.27. The number of carbonyl (C=O) groups is 1. The number of hydrogen-bond acceptors (Lipinski definition) is 5. The summed E-state index contributed by atoms with van der Waals surface area (Å²) in [7, 11) is 5.29. The second-order valence-electron chi connectivity index (χ2n) is 7.45. The maximum Gasteiger partial charge on any atom is 0.197 e. The first kappa shape index (κ1) is 16.5. The van der Waals surface area contributed by atoms with Gasteiger partial charge in [0.1, 0.15) is 0 Å². The molecule has 0 aromatic heterocycles. The van der Waals surface area contributed by atoms with Crippen LogP contribution in [0, 0.1) is 0 Å². The van der Waals surface area contributed by atoms with E-state index in [2.05, 4.69) is 11.9 Å². The van der Waals surface area contributed by atoms with E-state index in [1.807, 2.05) is 12.1 Å². The highest BCUT2D eigenvalue weighted by Gasteiger charge is 2.47. The van der Waals surface area contributed by atoms with Crippen molar-refractivity contribution in [2.75, 3.05) is 27.8 Å². The lowest BCUT2D eigenvalue weighted by Crippen LogP contribution is -2.42. The van der Waals surface area contributed by atoms with E-state index in [0.29, 0.717) is 30.4 Å². The van der Waals surface area contributed by atoms with Crippen LogP contribution in [0.1, 0.15) is 48.4 Å². The monoisotopic (exact) mass is 343 g/mol. The minimum absolute atomic E-state index is 0.0450. The summed E-state index contributed by atoms with van der Waals surface area (Å²) in [5.74, 6) is 1.22. The Morgan fingerprint density at radius 1 is 1.24 bits per heavy atom. The third-order valence-corrected chi connectivity index (χ3v) is 6.27. The quantitative estimate of drug-likeness (QED) is 0.895. The normalized spacial score (nSPS) is 28.5. The van der Waals surface area contributed by atoms with E-state index < -0.39 is 0 Å². The Morgan fingerprint density at radius 2 is 2.04 bits per heavy atom. The van der Waals surface area contributed by atoms with Crippen LogP contribution in [-0.4, -0.2) is 43.6 Å². The van der Waals surface area contributed by atoms with Crippen LogP contribution in [0.15, 0.2) is 17.9 Å². The van der Waals surface area contributed by atoms with Gasteiger partial charge in [-0.2, -0.15) is 0 Å². The molecule has 0 amide bonds. The summed E-state index contributed by atoms with van der Waals surface area (Å²) in [5.41, 5.74) is 3.10. The van der Waals surface area contributed by atoms with Gasteiger partial charge < -0.3 is 14.6 Å². The predicted octanol–water partition coefficient (Wildman–Crippen LogP) is 2.85. The van der Waals surface area contributed by atoms with Gasteiger partial charge in [-0.3, -0.25) is 9.69 Å². The molecule has 3 aliphatic rings. The zero-order valence-corrected chi connectivity index (χ0v) is 15.1. The van der Waals surface area contributed by atoms with Crippen LogP contribution in [0.25, 0.3) is 0 Å². The topological polar surface area (TPSA) is 59.0 Å². The van der Waals surface area contributed by atoms with Crippen molar-refractivity contribution in [3.63, 3.8) is 0 Å². The minimum atomic E-state index is -0.351. The zero-order valence-electron chi connectivity index (χ0n) is 15.1. The molecule has 5 nitrogen and oxygen atoms in total. The average molecular weight is 343 g/mol. The number of carbonyl (C=O) groups excluding carboxylic acids is 1. The van der Waals surface area contributed by atoms with Gasteiger partial charge >= 0.3 is 0 Å². The highest BCUT2D eigenvalue weighted by atomic mass is 16.5. The molecule has 1 aliphatic heterocycles. The Balaban J connectivity index is 1.99. The molecule has 1 aromatic carbocycles. The first-order chi connectivity index (χ1) is 12.0. The van der Waals surface area contributed by atoms with Crippen molar-refractivity contribution < 1.29 is 19.4 Å². The smallest absolute Gasteiger partial charge is 0.197 e. The number of Topliss-reactive ketones (excluding diaryl/α,β-unsaturated/α-hetero) is 1. The van der Waals surface area contributed by atoms with Gasteiger partial charge in [-0.1, -0.05) is 0 Å². The van der Waals surface area contributed by atoms with Crippen LogP contribution < -0.4 is 4.74 Å². The number of nitrogens with zero attached hydrogens (tertiary/aromatic N) is 1. The van der Waals surface area contributed by atoms with E-state index in [1.165, 1.54) is 11.1 Å². The number of allylic oxidation sites excluding steroid dienone is 2. The fourth-order valence-corrected chi connectivity index (χ4v) is 4.95. The molecule has 1 heterocycles. The number of aromatic hydroxyl groups is 1. The van der Waals surface area contributed by atoms with Gasteiger partial charge in [0.25, 0.3) is 0 Å². The Bertz CT molecular complexity index is 769. The van der Waals surface area contributed by atoms with Crippen molar-refractivity contribution in [1.82, 2.24) is 4.90 Å². The minimum Gasteiger partial charge on any atom is -0.504 e. The van der Waals surface area contributed by atoms with Crippen LogP contribution in [0.4, 0.5) is 0 Å². The van der Waals surface area contributed by atoms with Crippen molar-refractivity contribution in [2.24, 2.45) is 0 Å². The van der Waals surface area contributed by atoms with Gasteiger partial charge in [-0.25, -0.2) is 0 Å². The largest absolute Gasteiger partial charge is 0.504 e. The van der Waals surface area contributed by atoms with E-state index >= 15 is 0 Å². The third kappa shape index (κ3) is 2.29. The highest BCUT2D eigenvalue weighted by molar-refractivity contribution is 5.95. The molecule has 134 valence electrons.